The number of aliphatic hydroxyl groups excluding tert-OH is 1. The summed E-state index contributed by atoms with van der Waals surface area (Å²) in [4.78, 5) is 3.35. The highest BCUT2D eigenvalue weighted by molar-refractivity contribution is 7.81. The van der Waals surface area contributed by atoms with Gasteiger partial charge < -0.3 is 19.0 Å². The molecule has 2 aromatic carbocycles. The molecule has 0 fully saturated rings. The standard InChI is InChI=1S/C19H17ClN4O6S/c1-10-14(8-9-15(21-3)16(10)20)22-17(11(2)25)19-24-23-18(29-19)12-4-6-13(7-5-12)30-31(26,27)28/h4-9,11,17,22,25H,1-2H3,(H,26,27,28)/t11-,17+/m0/s1. The van der Waals surface area contributed by atoms with Crippen LogP contribution in [0.4, 0.5) is 11.4 Å². The van der Waals surface area contributed by atoms with Crippen LogP contribution in [0.15, 0.2) is 40.8 Å². The molecule has 0 spiro atoms. The first-order chi connectivity index (χ1) is 14.6. The number of hydrogen-bond acceptors (Lipinski definition) is 8. The molecule has 0 bridgehead atoms. The van der Waals surface area contributed by atoms with E-state index >= 15 is 0 Å². The molecule has 3 N–H and O–H groups in total. The molecule has 3 rings (SSSR count). The van der Waals surface area contributed by atoms with Gasteiger partial charge in [-0.1, -0.05) is 17.7 Å². The van der Waals surface area contributed by atoms with Crippen LogP contribution in [0.5, 0.6) is 5.75 Å². The van der Waals surface area contributed by atoms with Crippen LogP contribution < -0.4 is 9.50 Å². The number of hydrogen-bond donors (Lipinski definition) is 3. The minimum absolute atomic E-state index is 0.0928. The minimum atomic E-state index is -4.63. The van der Waals surface area contributed by atoms with E-state index in [0.29, 0.717) is 27.5 Å². The van der Waals surface area contributed by atoms with Gasteiger partial charge in [-0.15, -0.1) is 10.2 Å². The number of aliphatic hydroxyl groups is 1. The highest BCUT2D eigenvalue weighted by atomic mass is 35.5. The third-order valence-electron chi connectivity index (χ3n) is 4.29. The number of nitrogens with zero attached hydrogens (tertiary/aromatic N) is 3. The second-order valence-corrected chi connectivity index (χ2v) is 7.93. The van der Waals surface area contributed by atoms with E-state index in [9.17, 15) is 13.5 Å². The Kier molecular flexibility index (Phi) is 6.47. The number of aromatic nitrogens is 2. The van der Waals surface area contributed by atoms with Crippen LogP contribution in [0.2, 0.25) is 5.02 Å². The maximum absolute atomic E-state index is 10.8. The van der Waals surface area contributed by atoms with Crippen LogP contribution in [0.3, 0.4) is 0 Å². The van der Waals surface area contributed by atoms with Gasteiger partial charge in [0.1, 0.15) is 11.8 Å². The van der Waals surface area contributed by atoms with Gasteiger partial charge in [-0.25, -0.2) is 4.85 Å². The van der Waals surface area contributed by atoms with Gasteiger partial charge in [0.15, 0.2) is 0 Å². The van der Waals surface area contributed by atoms with E-state index in [-0.39, 0.29) is 17.5 Å². The molecule has 0 saturated heterocycles. The van der Waals surface area contributed by atoms with Crippen molar-refractivity contribution in [2.45, 2.75) is 26.0 Å². The quantitative estimate of drug-likeness (QED) is 0.350. The Bertz CT molecular complexity index is 1240. The van der Waals surface area contributed by atoms with Crippen molar-refractivity contribution in [1.29, 1.82) is 0 Å². The largest absolute Gasteiger partial charge is 0.446 e. The number of anilines is 1. The predicted molar refractivity (Wildman–Crippen MR) is 112 cm³/mol. The lowest BCUT2D eigenvalue weighted by Gasteiger charge is -2.21. The van der Waals surface area contributed by atoms with Crippen LogP contribution in [0.25, 0.3) is 16.3 Å². The van der Waals surface area contributed by atoms with Crippen molar-refractivity contribution in [3.63, 3.8) is 0 Å². The number of rotatable bonds is 7. The maximum Gasteiger partial charge on any atom is 0.446 e. The van der Waals surface area contributed by atoms with E-state index in [2.05, 4.69) is 24.5 Å². The van der Waals surface area contributed by atoms with Crippen molar-refractivity contribution in [1.82, 2.24) is 10.2 Å². The normalized spacial score (nSPS) is 13.3. The predicted octanol–water partition coefficient (Wildman–Crippen LogP) is 3.96. The first-order valence-electron chi connectivity index (χ1n) is 8.81. The Balaban J connectivity index is 1.85. The fourth-order valence-corrected chi connectivity index (χ4v) is 3.28. The lowest BCUT2D eigenvalue weighted by molar-refractivity contribution is 0.159. The molecule has 1 heterocycles. The zero-order valence-corrected chi connectivity index (χ0v) is 17.8. The van der Waals surface area contributed by atoms with E-state index in [0.717, 1.165) is 0 Å². The smallest absolute Gasteiger partial charge is 0.418 e. The summed E-state index contributed by atoms with van der Waals surface area (Å²) >= 11 is 6.21. The topological polar surface area (TPSA) is 139 Å². The van der Waals surface area contributed by atoms with E-state index in [4.69, 9.17) is 27.1 Å². The van der Waals surface area contributed by atoms with Gasteiger partial charge in [0.25, 0.3) is 0 Å². The highest BCUT2D eigenvalue weighted by Gasteiger charge is 2.25. The second kappa shape index (κ2) is 8.91. The average Bonchev–Trinajstić information content (AvgIpc) is 3.18. The average molecular weight is 465 g/mol. The third kappa shape index (κ3) is 5.31. The summed E-state index contributed by atoms with van der Waals surface area (Å²) in [5.74, 6) is 0.136. The Morgan fingerprint density at radius 2 is 1.90 bits per heavy atom. The molecule has 1 aromatic heterocycles. The summed E-state index contributed by atoms with van der Waals surface area (Å²) in [5, 5.41) is 21.6. The molecule has 0 saturated carbocycles. The molecular weight excluding hydrogens is 448 g/mol. The fraction of sp³-hybridized carbons (Fsp3) is 0.211. The molecule has 3 aromatic rings. The lowest BCUT2D eigenvalue weighted by atomic mass is 10.1. The van der Waals surface area contributed by atoms with E-state index in [1.165, 1.54) is 24.3 Å². The number of halogens is 1. The zero-order valence-electron chi connectivity index (χ0n) is 16.3. The zero-order chi connectivity index (χ0) is 22.8. The lowest BCUT2D eigenvalue weighted by Crippen LogP contribution is -2.23. The Labute approximate surface area is 183 Å². The monoisotopic (exact) mass is 464 g/mol. The van der Waals surface area contributed by atoms with Crippen LogP contribution in [0.1, 0.15) is 24.4 Å². The molecule has 0 unspecified atom stereocenters. The van der Waals surface area contributed by atoms with E-state index < -0.39 is 22.5 Å². The Hall–Kier alpha value is -3.17. The summed E-state index contributed by atoms with van der Waals surface area (Å²) in [6.07, 6.45) is -0.919. The molecule has 0 aliphatic heterocycles. The minimum Gasteiger partial charge on any atom is -0.418 e. The molecule has 0 radical (unpaired) electrons. The van der Waals surface area contributed by atoms with Gasteiger partial charge in [0.05, 0.1) is 17.7 Å². The van der Waals surface area contributed by atoms with Crippen LogP contribution in [0, 0.1) is 13.5 Å². The van der Waals surface area contributed by atoms with Crippen molar-refractivity contribution in [2.75, 3.05) is 5.32 Å². The molecule has 10 nitrogen and oxygen atoms in total. The van der Waals surface area contributed by atoms with Crippen LogP contribution in [-0.4, -0.2) is 34.4 Å². The van der Waals surface area contributed by atoms with Crippen LogP contribution in [-0.2, 0) is 10.4 Å². The van der Waals surface area contributed by atoms with Gasteiger partial charge in [0.2, 0.25) is 17.5 Å². The van der Waals surface area contributed by atoms with Gasteiger partial charge in [-0.05, 0) is 49.7 Å². The first kappa shape index (κ1) is 22.5. The molecule has 162 valence electrons. The number of benzene rings is 2. The summed E-state index contributed by atoms with van der Waals surface area (Å²) in [5.41, 5.74) is 2.01. The molecular formula is C19H17ClN4O6S. The SMILES string of the molecule is [C-]#[N+]c1ccc(N[C@@H](c2nnc(-c3ccc(OS(=O)(=O)O)cc3)o2)[C@H](C)O)c(C)c1Cl. The van der Waals surface area contributed by atoms with Crippen molar-refractivity contribution in [3.05, 3.63) is 64.3 Å². The Morgan fingerprint density at radius 3 is 2.48 bits per heavy atom. The van der Waals surface area contributed by atoms with Gasteiger partial charge in [-0.3, -0.25) is 4.55 Å². The first-order valence-corrected chi connectivity index (χ1v) is 10.5. The van der Waals surface area contributed by atoms with Crippen molar-refractivity contribution >= 4 is 33.4 Å². The maximum atomic E-state index is 10.8. The molecule has 12 heteroatoms. The molecule has 0 aliphatic rings. The van der Waals surface area contributed by atoms with Crippen LogP contribution >= 0.6 is 11.6 Å². The van der Waals surface area contributed by atoms with Crippen molar-refractivity contribution in [3.8, 4) is 17.2 Å². The van der Waals surface area contributed by atoms with Crippen molar-refractivity contribution < 1.29 is 26.7 Å². The molecule has 31 heavy (non-hydrogen) atoms. The second-order valence-electron chi connectivity index (χ2n) is 6.53. The summed E-state index contributed by atoms with van der Waals surface area (Å²) in [7, 11) is -4.63. The molecule has 0 amide bonds. The molecule has 2 atom stereocenters. The summed E-state index contributed by atoms with van der Waals surface area (Å²) in [6, 6.07) is 8.03. The van der Waals surface area contributed by atoms with Gasteiger partial charge in [0, 0.05) is 11.3 Å². The van der Waals surface area contributed by atoms with Gasteiger partial charge in [-0.2, -0.15) is 8.42 Å². The summed E-state index contributed by atoms with van der Waals surface area (Å²) < 4.78 is 40.3. The molecule has 0 aliphatic carbocycles. The van der Waals surface area contributed by atoms with E-state index in [1.807, 2.05) is 0 Å². The Morgan fingerprint density at radius 1 is 1.23 bits per heavy atom. The third-order valence-corrected chi connectivity index (χ3v) is 5.17. The number of nitrogens with one attached hydrogen (secondary N) is 1. The van der Waals surface area contributed by atoms with E-state index in [1.54, 1.807) is 26.0 Å². The highest BCUT2D eigenvalue weighted by Crippen LogP contribution is 2.35. The summed E-state index contributed by atoms with van der Waals surface area (Å²) in [6.45, 7) is 10.4. The van der Waals surface area contributed by atoms with Crippen molar-refractivity contribution in [2.24, 2.45) is 0 Å². The van der Waals surface area contributed by atoms with Gasteiger partial charge >= 0.3 is 10.4 Å². The fourth-order valence-electron chi connectivity index (χ4n) is 2.72.